The lowest BCUT2D eigenvalue weighted by atomic mass is 9.93. The van der Waals surface area contributed by atoms with Gasteiger partial charge in [-0.15, -0.1) is 0 Å². The van der Waals surface area contributed by atoms with E-state index in [2.05, 4.69) is 43.4 Å². The molecule has 2 fully saturated rings. The molecule has 1 amide bonds. The highest BCUT2D eigenvalue weighted by molar-refractivity contribution is 6.91. The summed E-state index contributed by atoms with van der Waals surface area (Å²) in [6.07, 6.45) is 4.01. The molecule has 0 N–H and O–H groups in total. The smallest absolute Gasteiger partial charge is 0.246 e. The molecule has 2 aliphatic rings. The van der Waals surface area contributed by atoms with Gasteiger partial charge in [0.25, 0.3) is 0 Å². The van der Waals surface area contributed by atoms with Crippen LogP contribution >= 0.6 is 0 Å². The average molecular weight is 303 g/mol. The Labute approximate surface area is 128 Å². The van der Waals surface area contributed by atoms with Gasteiger partial charge in [-0.3, -0.25) is 9.63 Å². The van der Waals surface area contributed by atoms with E-state index in [0.717, 1.165) is 18.4 Å². The lowest BCUT2D eigenvalue weighted by Crippen LogP contribution is -2.52. The molecule has 3 nitrogen and oxygen atoms in total. The minimum absolute atomic E-state index is 0.165. The normalized spacial score (nSPS) is 29.6. The quantitative estimate of drug-likeness (QED) is 0.804. The number of nitrogens with zero attached hydrogens (tertiary/aromatic N) is 1. The van der Waals surface area contributed by atoms with Gasteiger partial charge >= 0.3 is 0 Å². The van der Waals surface area contributed by atoms with Gasteiger partial charge in [-0.2, -0.15) is 0 Å². The number of piperidine rings is 1. The Morgan fingerprint density at radius 1 is 1.14 bits per heavy atom. The van der Waals surface area contributed by atoms with E-state index in [1.165, 1.54) is 11.6 Å². The Kier molecular flexibility index (Phi) is 3.93. The predicted molar refractivity (Wildman–Crippen MR) is 86.9 cm³/mol. The van der Waals surface area contributed by atoms with Crippen LogP contribution in [0.3, 0.4) is 0 Å². The molecular formula is C17H25NO2Si. The summed E-state index contributed by atoms with van der Waals surface area (Å²) in [5, 5.41) is 3.21. The minimum atomic E-state index is -1.51. The second-order valence-corrected chi connectivity index (χ2v) is 11.7. The predicted octanol–water partition coefficient (Wildman–Crippen LogP) is 2.93. The molecule has 1 aromatic carbocycles. The zero-order chi connectivity index (χ0) is 15.0. The Balaban J connectivity index is 1.86. The lowest BCUT2D eigenvalue weighted by molar-refractivity contribution is -0.199. The molecule has 0 radical (unpaired) electrons. The maximum Gasteiger partial charge on any atom is 0.246 e. The largest absolute Gasteiger partial charge is 0.274 e. The zero-order valence-electron chi connectivity index (χ0n) is 13.2. The second-order valence-electron chi connectivity index (χ2n) is 6.94. The van der Waals surface area contributed by atoms with Crippen molar-refractivity contribution in [3.8, 4) is 0 Å². The Morgan fingerprint density at radius 2 is 1.86 bits per heavy atom. The van der Waals surface area contributed by atoms with Crippen LogP contribution in [0.1, 0.15) is 25.7 Å². The summed E-state index contributed by atoms with van der Waals surface area (Å²) in [6, 6.07) is 11.3. The van der Waals surface area contributed by atoms with Crippen molar-refractivity contribution in [3.05, 3.63) is 30.3 Å². The van der Waals surface area contributed by atoms with Crippen molar-refractivity contribution in [3.63, 3.8) is 0 Å². The molecule has 0 unspecified atom stereocenters. The van der Waals surface area contributed by atoms with E-state index in [4.69, 9.17) is 4.84 Å². The maximum atomic E-state index is 12.0. The van der Waals surface area contributed by atoms with E-state index in [-0.39, 0.29) is 5.91 Å². The van der Waals surface area contributed by atoms with Gasteiger partial charge in [0, 0.05) is 6.42 Å². The van der Waals surface area contributed by atoms with Crippen LogP contribution in [0, 0.1) is 5.92 Å². The maximum absolute atomic E-state index is 12.0. The molecule has 4 heteroatoms. The SMILES string of the molecule is CON1C(=O)CC[C@H]2[C@@H]1CC[C@@H]2[Si](C)(C)c1ccccc1. The number of fused-ring (bicyclic) bond motifs is 1. The molecule has 1 saturated heterocycles. The van der Waals surface area contributed by atoms with Gasteiger partial charge in [0.05, 0.1) is 21.2 Å². The summed E-state index contributed by atoms with van der Waals surface area (Å²) in [7, 11) is 0.120. The van der Waals surface area contributed by atoms with Crippen LogP contribution in [0.5, 0.6) is 0 Å². The molecule has 0 aromatic heterocycles. The first-order valence-corrected chi connectivity index (χ1v) is 11.0. The fourth-order valence-corrected chi connectivity index (χ4v) is 8.36. The molecule has 114 valence electrons. The van der Waals surface area contributed by atoms with Crippen LogP contribution in [-0.2, 0) is 9.63 Å². The van der Waals surface area contributed by atoms with Gasteiger partial charge in [0.1, 0.15) is 0 Å². The van der Waals surface area contributed by atoms with Crippen LogP contribution in [0.4, 0.5) is 0 Å². The van der Waals surface area contributed by atoms with Crippen LogP contribution in [0.15, 0.2) is 30.3 Å². The van der Waals surface area contributed by atoms with Gasteiger partial charge < -0.3 is 0 Å². The summed E-state index contributed by atoms with van der Waals surface area (Å²) in [4.78, 5) is 17.4. The summed E-state index contributed by atoms with van der Waals surface area (Å²) in [6.45, 7) is 4.98. The number of carbonyl (C=O) groups excluding carboxylic acids is 1. The molecule has 3 rings (SSSR count). The first kappa shape index (κ1) is 14.8. The average Bonchev–Trinajstić information content (AvgIpc) is 2.92. The van der Waals surface area contributed by atoms with Crippen molar-refractivity contribution < 1.29 is 9.63 Å². The highest BCUT2D eigenvalue weighted by Gasteiger charge is 2.50. The summed E-state index contributed by atoms with van der Waals surface area (Å²) in [5.41, 5.74) is 0.746. The molecule has 1 aliphatic heterocycles. The van der Waals surface area contributed by atoms with Gasteiger partial charge in [0.2, 0.25) is 5.91 Å². The van der Waals surface area contributed by atoms with Crippen molar-refractivity contribution >= 4 is 19.2 Å². The number of hydrogen-bond donors (Lipinski definition) is 0. The standard InChI is InChI=1S/C17H25NO2Si/c1-20-18-15-10-11-16(14(15)9-12-17(18)19)21(2,3)13-7-5-4-6-8-13/h4-8,14-16H,9-12H2,1-3H3/t14-,15-,16-/m0/s1. The van der Waals surface area contributed by atoms with Crippen molar-refractivity contribution in [1.29, 1.82) is 0 Å². The fraction of sp³-hybridized carbons (Fsp3) is 0.588. The third-order valence-corrected chi connectivity index (χ3v) is 10.1. The van der Waals surface area contributed by atoms with Gasteiger partial charge in [0.15, 0.2) is 0 Å². The number of amides is 1. The zero-order valence-corrected chi connectivity index (χ0v) is 14.2. The van der Waals surface area contributed by atoms with Gasteiger partial charge in [-0.25, -0.2) is 5.06 Å². The van der Waals surface area contributed by atoms with Crippen LogP contribution in [0.2, 0.25) is 18.6 Å². The number of benzene rings is 1. The number of rotatable bonds is 3. The topological polar surface area (TPSA) is 29.5 Å². The molecule has 3 atom stereocenters. The van der Waals surface area contributed by atoms with Crippen molar-refractivity contribution in [2.24, 2.45) is 5.92 Å². The number of carbonyl (C=O) groups is 1. The van der Waals surface area contributed by atoms with Crippen molar-refractivity contribution in [1.82, 2.24) is 5.06 Å². The molecule has 1 aliphatic carbocycles. The Hall–Kier alpha value is -1.13. The van der Waals surface area contributed by atoms with Crippen LogP contribution < -0.4 is 5.19 Å². The first-order chi connectivity index (χ1) is 10.1. The lowest BCUT2D eigenvalue weighted by Gasteiger charge is -2.41. The first-order valence-electron chi connectivity index (χ1n) is 7.97. The van der Waals surface area contributed by atoms with E-state index < -0.39 is 8.07 Å². The third kappa shape index (κ3) is 2.44. The van der Waals surface area contributed by atoms with Gasteiger partial charge in [-0.05, 0) is 24.3 Å². The van der Waals surface area contributed by atoms with E-state index in [0.29, 0.717) is 18.4 Å². The van der Waals surface area contributed by atoms with Gasteiger partial charge in [-0.1, -0.05) is 55.0 Å². The molecular weight excluding hydrogens is 278 g/mol. The van der Waals surface area contributed by atoms with Crippen LogP contribution in [0.25, 0.3) is 0 Å². The van der Waals surface area contributed by atoms with Crippen LogP contribution in [-0.4, -0.2) is 32.2 Å². The molecule has 21 heavy (non-hydrogen) atoms. The molecule has 0 spiro atoms. The summed E-state index contributed by atoms with van der Waals surface area (Å²) >= 11 is 0. The highest BCUT2D eigenvalue weighted by Crippen LogP contribution is 2.49. The van der Waals surface area contributed by atoms with E-state index in [9.17, 15) is 4.79 Å². The third-order valence-electron chi connectivity index (χ3n) is 5.66. The summed E-state index contributed by atoms with van der Waals surface area (Å²) < 4.78 is 0. The fourth-order valence-electron chi connectivity index (χ4n) is 4.53. The summed E-state index contributed by atoms with van der Waals surface area (Å²) in [5.74, 6) is 0.781. The minimum Gasteiger partial charge on any atom is -0.274 e. The Bertz CT molecular complexity index is 517. The monoisotopic (exact) mass is 303 g/mol. The molecule has 0 bridgehead atoms. The Morgan fingerprint density at radius 3 is 2.52 bits per heavy atom. The number of hydroxylamine groups is 2. The molecule has 1 aromatic rings. The molecule has 1 saturated carbocycles. The number of hydrogen-bond acceptors (Lipinski definition) is 2. The van der Waals surface area contributed by atoms with E-state index in [1.807, 2.05) is 0 Å². The van der Waals surface area contributed by atoms with Crippen molar-refractivity contribution in [2.45, 2.75) is 50.4 Å². The molecule has 1 heterocycles. The van der Waals surface area contributed by atoms with Crippen molar-refractivity contribution in [2.75, 3.05) is 7.11 Å². The highest BCUT2D eigenvalue weighted by atomic mass is 28.3. The van der Waals surface area contributed by atoms with E-state index >= 15 is 0 Å². The van der Waals surface area contributed by atoms with E-state index in [1.54, 1.807) is 12.2 Å². The second kappa shape index (κ2) is 5.58.